The van der Waals surface area contributed by atoms with Crippen molar-refractivity contribution in [3.8, 4) is 11.3 Å². The second kappa shape index (κ2) is 6.30. The zero-order valence-electron chi connectivity index (χ0n) is 11.4. The fourth-order valence-corrected chi connectivity index (χ4v) is 3.65. The average Bonchev–Trinajstić information content (AvgIpc) is 2.83. The molecule has 2 aromatic carbocycles. The van der Waals surface area contributed by atoms with Crippen LogP contribution in [0.25, 0.3) is 11.3 Å². The lowest BCUT2D eigenvalue weighted by atomic mass is 10.1. The van der Waals surface area contributed by atoms with Crippen LogP contribution in [0.4, 0.5) is 0 Å². The van der Waals surface area contributed by atoms with Crippen LogP contribution in [0.5, 0.6) is 0 Å². The summed E-state index contributed by atoms with van der Waals surface area (Å²) in [5.74, 6) is 0. The number of thiazole rings is 1. The van der Waals surface area contributed by atoms with Gasteiger partial charge in [0.2, 0.25) is 0 Å². The van der Waals surface area contributed by atoms with E-state index in [-0.39, 0.29) is 0 Å². The molecular formula is C17H13BrClNS. The molecule has 0 fully saturated rings. The summed E-state index contributed by atoms with van der Waals surface area (Å²) in [6, 6.07) is 16.2. The van der Waals surface area contributed by atoms with Crippen LogP contribution in [0.2, 0.25) is 5.02 Å². The molecule has 1 aromatic heterocycles. The highest BCUT2D eigenvalue weighted by molar-refractivity contribution is 9.10. The number of aromatic nitrogens is 1. The van der Waals surface area contributed by atoms with Crippen LogP contribution in [0, 0.1) is 6.92 Å². The molecule has 4 heteroatoms. The van der Waals surface area contributed by atoms with Gasteiger partial charge >= 0.3 is 0 Å². The molecule has 0 saturated heterocycles. The number of rotatable bonds is 3. The predicted molar refractivity (Wildman–Crippen MR) is 94.2 cm³/mol. The summed E-state index contributed by atoms with van der Waals surface area (Å²) >= 11 is 11.4. The standard InChI is InChI=1S/C17H13BrClNS/c1-11-17(12-6-8-14(18)9-7-12)20-16(21-11)10-13-4-2-3-5-15(13)19/h2-9H,10H2,1H3. The van der Waals surface area contributed by atoms with Gasteiger partial charge in [-0.25, -0.2) is 4.98 Å². The predicted octanol–water partition coefficient (Wildman–Crippen LogP) is 6.13. The van der Waals surface area contributed by atoms with Crippen LogP contribution in [0.1, 0.15) is 15.4 Å². The Labute approximate surface area is 141 Å². The molecule has 106 valence electrons. The third-order valence-electron chi connectivity index (χ3n) is 3.26. The third kappa shape index (κ3) is 3.37. The monoisotopic (exact) mass is 377 g/mol. The van der Waals surface area contributed by atoms with Crippen molar-refractivity contribution in [1.29, 1.82) is 0 Å². The van der Waals surface area contributed by atoms with Gasteiger partial charge in [0.1, 0.15) is 0 Å². The first kappa shape index (κ1) is 14.8. The first-order valence-electron chi connectivity index (χ1n) is 6.59. The molecule has 0 atom stereocenters. The Morgan fingerprint density at radius 2 is 1.81 bits per heavy atom. The van der Waals surface area contributed by atoms with Crippen molar-refractivity contribution in [2.45, 2.75) is 13.3 Å². The summed E-state index contributed by atoms with van der Waals surface area (Å²) in [6.07, 6.45) is 0.779. The number of benzene rings is 2. The fourth-order valence-electron chi connectivity index (χ4n) is 2.21. The van der Waals surface area contributed by atoms with Crippen LogP contribution in [0.3, 0.4) is 0 Å². The molecule has 0 saturated carbocycles. The highest BCUT2D eigenvalue weighted by atomic mass is 79.9. The van der Waals surface area contributed by atoms with Gasteiger partial charge in [-0.3, -0.25) is 0 Å². The van der Waals surface area contributed by atoms with E-state index in [1.165, 1.54) is 4.88 Å². The summed E-state index contributed by atoms with van der Waals surface area (Å²) in [7, 11) is 0. The molecule has 0 spiro atoms. The van der Waals surface area contributed by atoms with Gasteiger partial charge in [0, 0.05) is 26.4 Å². The van der Waals surface area contributed by atoms with Crippen molar-refractivity contribution in [3.05, 3.63) is 73.5 Å². The molecule has 0 unspecified atom stereocenters. The van der Waals surface area contributed by atoms with E-state index in [1.807, 2.05) is 30.3 Å². The highest BCUT2D eigenvalue weighted by Crippen LogP contribution is 2.30. The lowest BCUT2D eigenvalue weighted by Crippen LogP contribution is -1.88. The molecule has 3 rings (SSSR count). The van der Waals surface area contributed by atoms with Crippen LogP contribution in [0.15, 0.2) is 53.0 Å². The van der Waals surface area contributed by atoms with Gasteiger partial charge in [0.25, 0.3) is 0 Å². The number of hydrogen-bond donors (Lipinski definition) is 0. The molecule has 0 aliphatic heterocycles. The van der Waals surface area contributed by atoms with E-state index in [4.69, 9.17) is 16.6 Å². The van der Waals surface area contributed by atoms with Crippen molar-refractivity contribution >= 4 is 38.9 Å². The zero-order valence-corrected chi connectivity index (χ0v) is 14.6. The first-order chi connectivity index (χ1) is 10.1. The largest absolute Gasteiger partial charge is 0.241 e. The van der Waals surface area contributed by atoms with Gasteiger partial charge in [0.05, 0.1) is 10.7 Å². The Balaban J connectivity index is 1.91. The SMILES string of the molecule is Cc1sc(Cc2ccccc2Cl)nc1-c1ccc(Br)cc1. The Hall–Kier alpha value is -1.16. The van der Waals surface area contributed by atoms with Crippen LogP contribution in [-0.2, 0) is 6.42 Å². The second-order valence-corrected chi connectivity index (χ2v) is 7.40. The van der Waals surface area contributed by atoms with E-state index in [0.717, 1.165) is 37.7 Å². The maximum Gasteiger partial charge on any atom is 0.0979 e. The van der Waals surface area contributed by atoms with Gasteiger partial charge in [-0.05, 0) is 30.7 Å². The topological polar surface area (TPSA) is 12.9 Å². The molecule has 0 amide bonds. The minimum Gasteiger partial charge on any atom is -0.241 e. The van der Waals surface area contributed by atoms with Crippen molar-refractivity contribution in [2.24, 2.45) is 0 Å². The Morgan fingerprint density at radius 3 is 2.52 bits per heavy atom. The van der Waals surface area contributed by atoms with Crippen molar-refractivity contribution in [2.75, 3.05) is 0 Å². The maximum atomic E-state index is 6.23. The van der Waals surface area contributed by atoms with Crippen LogP contribution < -0.4 is 0 Å². The van der Waals surface area contributed by atoms with E-state index < -0.39 is 0 Å². The lowest BCUT2D eigenvalue weighted by molar-refractivity contribution is 1.14. The van der Waals surface area contributed by atoms with E-state index >= 15 is 0 Å². The van der Waals surface area contributed by atoms with Crippen LogP contribution in [-0.4, -0.2) is 4.98 Å². The number of halogens is 2. The molecule has 0 N–H and O–H groups in total. The van der Waals surface area contributed by atoms with Crippen LogP contribution >= 0.6 is 38.9 Å². The number of hydrogen-bond acceptors (Lipinski definition) is 2. The van der Waals surface area contributed by atoms with E-state index in [1.54, 1.807) is 11.3 Å². The van der Waals surface area contributed by atoms with Crippen molar-refractivity contribution in [3.63, 3.8) is 0 Å². The lowest BCUT2D eigenvalue weighted by Gasteiger charge is -2.01. The molecular weight excluding hydrogens is 366 g/mol. The fraction of sp³-hybridized carbons (Fsp3) is 0.118. The molecule has 21 heavy (non-hydrogen) atoms. The van der Waals surface area contributed by atoms with E-state index in [2.05, 4.69) is 41.1 Å². The number of nitrogens with zero attached hydrogens (tertiary/aromatic N) is 1. The van der Waals surface area contributed by atoms with Gasteiger partial charge in [-0.2, -0.15) is 0 Å². The highest BCUT2D eigenvalue weighted by Gasteiger charge is 2.11. The zero-order chi connectivity index (χ0) is 14.8. The van der Waals surface area contributed by atoms with Gasteiger partial charge in [0.15, 0.2) is 0 Å². The Kier molecular flexibility index (Phi) is 4.43. The normalized spacial score (nSPS) is 10.8. The summed E-state index contributed by atoms with van der Waals surface area (Å²) < 4.78 is 1.08. The molecule has 0 aliphatic rings. The molecule has 0 aliphatic carbocycles. The van der Waals surface area contributed by atoms with Crippen molar-refractivity contribution in [1.82, 2.24) is 4.98 Å². The minimum atomic E-state index is 0.779. The molecule has 3 aromatic rings. The first-order valence-corrected chi connectivity index (χ1v) is 8.58. The quantitative estimate of drug-likeness (QED) is 0.534. The third-order valence-corrected chi connectivity index (χ3v) is 5.13. The smallest absolute Gasteiger partial charge is 0.0979 e. The van der Waals surface area contributed by atoms with Crippen molar-refractivity contribution < 1.29 is 0 Å². The Morgan fingerprint density at radius 1 is 1.10 bits per heavy atom. The molecule has 1 heterocycles. The van der Waals surface area contributed by atoms with E-state index in [9.17, 15) is 0 Å². The molecule has 0 radical (unpaired) electrons. The summed E-state index contributed by atoms with van der Waals surface area (Å²) in [4.78, 5) is 6.03. The second-order valence-electron chi connectivity index (χ2n) is 4.79. The average molecular weight is 379 g/mol. The summed E-state index contributed by atoms with van der Waals surface area (Å²) in [6.45, 7) is 2.12. The molecule has 0 bridgehead atoms. The number of aryl methyl sites for hydroxylation is 1. The Bertz CT molecular complexity index is 765. The summed E-state index contributed by atoms with van der Waals surface area (Å²) in [5.41, 5.74) is 3.34. The molecule has 1 nitrogen and oxygen atoms in total. The van der Waals surface area contributed by atoms with Gasteiger partial charge < -0.3 is 0 Å². The van der Waals surface area contributed by atoms with Gasteiger partial charge in [-0.1, -0.05) is 57.9 Å². The van der Waals surface area contributed by atoms with E-state index in [0.29, 0.717) is 0 Å². The minimum absolute atomic E-state index is 0.779. The van der Waals surface area contributed by atoms with Gasteiger partial charge in [-0.15, -0.1) is 11.3 Å². The summed E-state index contributed by atoms with van der Waals surface area (Å²) in [5, 5.41) is 1.90. The maximum absolute atomic E-state index is 6.23.